The van der Waals surface area contributed by atoms with Gasteiger partial charge in [-0.3, -0.25) is 4.98 Å². The molecule has 1 radical (unpaired) electrons. The second-order valence-electron chi connectivity index (χ2n) is 19.1. The Kier molecular flexibility index (Phi) is 11.1. The second kappa shape index (κ2) is 18.2. The van der Waals surface area contributed by atoms with Gasteiger partial charge in [0.2, 0.25) is 0 Å². The zero-order valence-electron chi connectivity index (χ0n) is 44.2. The number of hydrogen-bond donors (Lipinski definition) is 0. The fourth-order valence-corrected chi connectivity index (χ4v) is 9.42. The van der Waals surface area contributed by atoms with Crippen molar-refractivity contribution < 1.29 is 37.1 Å². The number of nitrogens with zero attached hydrogens (tertiary/aromatic N) is 3. The summed E-state index contributed by atoms with van der Waals surface area (Å²) in [4.78, 5) is 9.49. The number of fused-ring (bicyclic) bond motifs is 4. The minimum atomic E-state index is -2.23. The standard InChI is InChI=1S/C40H38FN2OSi.C17H20N.Ir/c1-24(2)30-20-27(45(5,6)7)21-31(25(3)4)38(30)43-36-19-12-11-18-35(36)42-40(43)29-17-13-16-28-33-22-34(41)32(23-37(33)44-39(28)29)26-14-9-8-10-15-26;1-12-6-8-14(9-7-12)16-10-15(17(3,4)5)13(2)11-18-16;/h8-16,18-25H,1-7H3;6-8,10-11H,1-5H3;/q2*-1;/i;1D3,2D3;. The molecule has 64 heavy (non-hydrogen) atoms. The molecule has 0 aliphatic carbocycles. The van der Waals surface area contributed by atoms with Crippen molar-refractivity contribution in [3.63, 3.8) is 0 Å². The molecule has 0 aliphatic rings. The number of halogens is 1. The van der Waals surface area contributed by atoms with Gasteiger partial charge >= 0.3 is 0 Å². The third kappa shape index (κ3) is 9.09. The molecule has 4 nitrogen and oxygen atoms in total. The van der Waals surface area contributed by atoms with Crippen LogP contribution in [0.3, 0.4) is 0 Å². The van der Waals surface area contributed by atoms with E-state index in [-0.39, 0.29) is 42.5 Å². The number of benzene rings is 6. The quantitative estimate of drug-likeness (QED) is 0.118. The number of hydrogen-bond acceptors (Lipinski definition) is 3. The maximum atomic E-state index is 15.6. The van der Waals surface area contributed by atoms with Crippen LogP contribution in [0.2, 0.25) is 19.6 Å². The molecule has 0 saturated heterocycles. The van der Waals surface area contributed by atoms with Crippen molar-refractivity contribution >= 4 is 46.2 Å². The summed E-state index contributed by atoms with van der Waals surface area (Å²) >= 11 is 0. The average molecular weight is 1050 g/mol. The van der Waals surface area contributed by atoms with Gasteiger partial charge in [0.15, 0.2) is 0 Å². The molecule has 0 amide bonds. The van der Waals surface area contributed by atoms with Crippen LogP contribution in [0.5, 0.6) is 0 Å². The fourth-order valence-electron chi connectivity index (χ4n) is 8.24. The number of aromatic nitrogens is 3. The third-order valence-corrected chi connectivity index (χ3v) is 13.7. The van der Waals surface area contributed by atoms with Crippen molar-refractivity contribution in [1.82, 2.24) is 14.5 Å². The molecule has 9 rings (SSSR count). The van der Waals surface area contributed by atoms with Crippen molar-refractivity contribution in [2.24, 2.45) is 0 Å². The molecule has 0 atom stereocenters. The van der Waals surface area contributed by atoms with Crippen LogP contribution in [0.4, 0.5) is 4.39 Å². The van der Waals surface area contributed by atoms with E-state index in [2.05, 4.69) is 99.4 Å². The number of aryl methyl sites for hydroxylation is 2. The predicted octanol–water partition coefficient (Wildman–Crippen LogP) is 15.5. The van der Waals surface area contributed by atoms with Crippen LogP contribution in [0.25, 0.3) is 72.4 Å². The van der Waals surface area contributed by atoms with Crippen molar-refractivity contribution in [1.29, 1.82) is 0 Å². The summed E-state index contributed by atoms with van der Waals surface area (Å²) in [6.07, 6.45) is 1.38. The Balaban J connectivity index is 0.000000245. The summed E-state index contributed by atoms with van der Waals surface area (Å²) < 4.78 is 69.7. The van der Waals surface area contributed by atoms with Gasteiger partial charge < -0.3 is 14.0 Å². The zero-order valence-corrected chi connectivity index (χ0v) is 41.6. The molecular weight excluding hydrogens is 982 g/mol. The molecular formula is C57H58FIrN3OSi-2. The topological polar surface area (TPSA) is 43.9 Å². The number of imidazole rings is 1. The number of furan rings is 1. The van der Waals surface area contributed by atoms with Crippen LogP contribution in [-0.2, 0) is 25.5 Å². The first-order valence-corrected chi connectivity index (χ1v) is 25.1. The largest absolute Gasteiger partial charge is 0.501 e. The molecule has 0 unspecified atom stereocenters. The molecule has 0 bridgehead atoms. The van der Waals surface area contributed by atoms with Gasteiger partial charge in [0, 0.05) is 51.2 Å². The van der Waals surface area contributed by atoms with Gasteiger partial charge in [-0.2, -0.15) is 0 Å². The van der Waals surface area contributed by atoms with E-state index in [0.29, 0.717) is 45.4 Å². The Morgan fingerprint density at radius 3 is 2.12 bits per heavy atom. The second-order valence-corrected chi connectivity index (χ2v) is 24.1. The molecule has 9 aromatic rings. The Labute approximate surface area is 401 Å². The average Bonchev–Trinajstić information content (AvgIpc) is 3.85. The van der Waals surface area contributed by atoms with E-state index in [0.717, 1.165) is 38.8 Å². The molecule has 3 heterocycles. The molecule has 6 aromatic carbocycles. The van der Waals surface area contributed by atoms with Crippen molar-refractivity contribution in [3.05, 3.63) is 167 Å². The molecule has 3 aromatic heterocycles. The van der Waals surface area contributed by atoms with Crippen LogP contribution in [-0.4, -0.2) is 22.6 Å². The van der Waals surface area contributed by atoms with Crippen LogP contribution in [0, 0.1) is 31.7 Å². The Morgan fingerprint density at radius 2 is 1.50 bits per heavy atom. The van der Waals surface area contributed by atoms with Crippen molar-refractivity contribution in [2.45, 2.75) is 99.1 Å². The minimum Gasteiger partial charge on any atom is -0.501 e. The summed E-state index contributed by atoms with van der Waals surface area (Å²) in [5.74, 6) is 1.10. The maximum absolute atomic E-state index is 15.6. The van der Waals surface area contributed by atoms with E-state index in [4.69, 9.17) is 17.6 Å². The van der Waals surface area contributed by atoms with Gasteiger partial charge in [0.25, 0.3) is 0 Å². The van der Waals surface area contributed by atoms with E-state index < -0.39 is 21.8 Å². The van der Waals surface area contributed by atoms with Crippen LogP contribution >= 0.6 is 0 Å². The van der Waals surface area contributed by atoms with Gasteiger partial charge in [0.1, 0.15) is 11.4 Å². The summed E-state index contributed by atoms with van der Waals surface area (Å²) in [6.45, 7) is 17.8. The SMILES string of the molecule is CC(C)c1cc([Si](C)(C)C)cc(C(C)C)c1-n1c(-c2[c-]ccc3c2oc2cc(-c4ccccc4)c(F)cc23)nc2ccccc21.[2H]C([2H])([2H])c1c[c-]c(-c2cc(C(C)(C)C)c(C([2H])([2H])[2H])cn2)cc1.[Ir]. The first-order chi connectivity index (χ1) is 32.3. The van der Waals surface area contributed by atoms with E-state index in [1.54, 1.807) is 18.2 Å². The monoisotopic (exact) mass is 1050 g/mol. The third-order valence-electron chi connectivity index (χ3n) is 11.7. The summed E-state index contributed by atoms with van der Waals surface area (Å²) in [6, 6.07) is 42.8. The van der Waals surface area contributed by atoms with Crippen LogP contribution < -0.4 is 5.19 Å². The fraction of sp³-hybridized carbons (Fsp3) is 0.263. The van der Waals surface area contributed by atoms with Gasteiger partial charge in [-0.05, 0) is 81.9 Å². The van der Waals surface area contributed by atoms with Crippen molar-refractivity contribution in [3.8, 4) is 39.5 Å². The van der Waals surface area contributed by atoms with Gasteiger partial charge in [-0.15, -0.1) is 53.6 Å². The first kappa shape index (κ1) is 38.9. The molecule has 329 valence electrons. The molecule has 0 aliphatic heterocycles. The summed E-state index contributed by atoms with van der Waals surface area (Å²) in [5.41, 5.74) is 11.1. The zero-order chi connectivity index (χ0) is 50.0. The molecule has 7 heteroatoms. The first-order valence-electron chi connectivity index (χ1n) is 24.6. The molecule has 0 spiro atoms. The normalized spacial score (nSPS) is 13.8. The minimum absolute atomic E-state index is 0. The van der Waals surface area contributed by atoms with Gasteiger partial charge in [-0.1, -0.05) is 152 Å². The van der Waals surface area contributed by atoms with Gasteiger partial charge in [-0.25, -0.2) is 4.39 Å². The maximum Gasteiger partial charge on any atom is 0.131 e. The van der Waals surface area contributed by atoms with Crippen molar-refractivity contribution in [2.75, 3.05) is 0 Å². The smallest absolute Gasteiger partial charge is 0.131 e. The van der Waals surface area contributed by atoms with E-state index in [1.807, 2.05) is 75.4 Å². The predicted molar refractivity (Wildman–Crippen MR) is 266 cm³/mol. The molecule has 0 saturated carbocycles. The molecule has 0 fully saturated rings. The van der Waals surface area contributed by atoms with Crippen LogP contribution in [0.1, 0.15) is 96.3 Å². The number of para-hydroxylation sites is 2. The Hall–Kier alpha value is -5.46. The number of pyridine rings is 1. The van der Waals surface area contributed by atoms with E-state index in [1.165, 1.54) is 40.3 Å². The summed E-state index contributed by atoms with van der Waals surface area (Å²) in [7, 11) is -1.59. The Morgan fingerprint density at radius 1 is 0.797 bits per heavy atom. The van der Waals surface area contributed by atoms with Crippen LogP contribution in [0.15, 0.2) is 126 Å². The number of rotatable bonds is 7. The molecule has 0 N–H and O–H groups in total. The van der Waals surface area contributed by atoms with E-state index in [9.17, 15) is 0 Å². The van der Waals surface area contributed by atoms with Gasteiger partial charge in [0.05, 0.1) is 30.5 Å². The van der Waals surface area contributed by atoms with E-state index >= 15 is 4.39 Å². The summed E-state index contributed by atoms with van der Waals surface area (Å²) in [5, 5.41) is 3.05. The Bertz CT molecular complexity index is 3320.